The molecule has 24 heavy (non-hydrogen) atoms. The van der Waals surface area contributed by atoms with E-state index in [0.717, 1.165) is 57.8 Å². The van der Waals surface area contributed by atoms with E-state index in [1.54, 1.807) is 0 Å². The highest BCUT2D eigenvalue weighted by atomic mass is 16.4. The van der Waals surface area contributed by atoms with Gasteiger partial charge in [0.2, 0.25) is 0 Å². The van der Waals surface area contributed by atoms with Gasteiger partial charge in [-0.2, -0.15) is 0 Å². The number of carboxylic acid groups (broad SMARTS) is 2. The van der Waals surface area contributed by atoms with Gasteiger partial charge in [-0.05, 0) is 44.9 Å². The number of unbranched alkanes of at least 4 members (excludes halogenated alkanes) is 9. The van der Waals surface area contributed by atoms with Crippen LogP contribution in [0, 0.1) is 5.92 Å². The van der Waals surface area contributed by atoms with Gasteiger partial charge in [-0.1, -0.05) is 57.6 Å². The molecule has 0 aliphatic carbocycles. The molecule has 0 aromatic heterocycles. The van der Waals surface area contributed by atoms with Crippen molar-refractivity contribution >= 4 is 11.9 Å². The molecule has 140 valence electrons. The zero-order chi connectivity index (χ0) is 18.0. The second-order valence-corrected chi connectivity index (χ2v) is 6.61. The fourth-order valence-corrected chi connectivity index (χ4v) is 2.81. The maximum absolute atomic E-state index is 10.9. The van der Waals surface area contributed by atoms with Crippen LogP contribution < -0.4 is 0 Å². The number of hydrogen-bond acceptors (Lipinski definition) is 2. The number of carbonyl (C=O) groups is 2. The van der Waals surface area contributed by atoms with E-state index in [9.17, 15) is 9.59 Å². The first-order chi connectivity index (χ1) is 11.6. The monoisotopic (exact) mass is 340 g/mol. The van der Waals surface area contributed by atoms with Gasteiger partial charge >= 0.3 is 11.9 Å². The van der Waals surface area contributed by atoms with E-state index < -0.39 is 11.9 Å². The van der Waals surface area contributed by atoms with E-state index in [0.29, 0.717) is 6.42 Å². The van der Waals surface area contributed by atoms with Crippen molar-refractivity contribution in [3.8, 4) is 0 Å². The summed E-state index contributed by atoms with van der Waals surface area (Å²) >= 11 is 0. The lowest BCUT2D eigenvalue weighted by atomic mass is 9.98. The standard InChI is InChI=1S/C20H36O4/c1-2-18(20(23)24)16-14-12-10-8-6-4-3-5-7-9-11-13-15-17-19(21)22/h3-4,18H,2,5-17H2,1H3,(H,21,22)(H,23,24). The van der Waals surface area contributed by atoms with Gasteiger partial charge in [0.05, 0.1) is 5.92 Å². The Morgan fingerprint density at radius 1 is 0.792 bits per heavy atom. The topological polar surface area (TPSA) is 74.6 Å². The van der Waals surface area contributed by atoms with Gasteiger partial charge in [0.25, 0.3) is 0 Å². The maximum atomic E-state index is 10.9. The van der Waals surface area contributed by atoms with Crippen molar-refractivity contribution < 1.29 is 19.8 Å². The lowest BCUT2D eigenvalue weighted by Gasteiger charge is -2.08. The molecule has 0 bridgehead atoms. The van der Waals surface area contributed by atoms with E-state index in [4.69, 9.17) is 10.2 Å². The van der Waals surface area contributed by atoms with E-state index in [2.05, 4.69) is 12.2 Å². The first kappa shape index (κ1) is 22.7. The molecule has 1 unspecified atom stereocenters. The van der Waals surface area contributed by atoms with Gasteiger partial charge in [0, 0.05) is 6.42 Å². The fraction of sp³-hybridized carbons (Fsp3) is 0.800. The molecule has 0 saturated heterocycles. The Balaban J connectivity index is 3.27. The largest absolute Gasteiger partial charge is 0.481 e. The van der Waals surface area contributed by atoms with E-state index >= 15 is 0 Å². The van der Waals surface area contributed by atoms with Gasteiger partial charge in [0.1, 0.15) is 0 Å². The number of aliphatic carboxylic acids is 2. The molecule has 0 spiro atoms. The summed E-state index contributed by atoms with van der Waals surface area (Å²) in [5.74, 6) is -1.50. The third kappa shape index (κ3) is 15.6. The van der Waals surface area contributed by atoms with Crippen LogP contribution in [0.4, 0.5) is 0 Å². The van der Waals surface area contributed by atoms with Crippen molar-refractivity contribution in [1.29, 1.82) is 0 Å². The second kappa shape index (κ2) is 16.5. The van der Waals surface area contributed by atoms with Crippen LogP contribution in [0.5, 0.6) is 0 Å². The summed E-state index contributed by atoms with van der Waals surface area (Å²) in [5, 5.41) is 17.5. The van der Waals surface area contributed by atoms with Crippen LogP contribution in [0.2, 0.25) is 0 Å². The van der Waals surface area contributed by atoms with Gasteiger partial charge in [-0.25, -0.2) is 0 Å². The lowest BCUT2D eigenvalue weighted by Crippen LogP contribution is -2.12. The molecule has 4 nitrogen and oxygen atoms in total. The molecule has 0 heterocycles. The van der Waals surface area contributed by atoms with Crippen molar-refractivity contribution in [3.05, 3.63) is 12.2 Å². The molecule has 0 amide bonds. The predicted octanol–water partition coefficient (Wildman–Crippen LogP) is 5.81. The normalized spacial score (nSPS) is 12.5. The Kier molecular flexibility index (Phi) is 15.6. The van der Waals surface area contributed by atoms with Crippen LogP contribution in [0.3, 0.4) is 0 Å². The van der Waals surface area contributed by atoms with E-state index in [-0.39, 0.29) is 5.92 Å². The number of allylic oxidation sites excluding steroid dienone is 2. The zero-order valence-corrected chi connectivity index (χ0v) is 15.3. The average Bonchev–Trinajstić information content (AvgIpc) is 2.54. The van der Waals surface area contributed by atoms with Crippen LogP contribution in [0.25, 0.3) is 0 Å². The van der Waals surface area contributed by atoms with Crippen LogP contribution in [-0.4, -0.2) is 22.2 Å². The summed E-state index contributed by atoms with van der Waals surface area (Å²) in [6, 6.07) is 0. The molecule has 0 saturated carbocycles. The molecule has 0 radical (unpaired) electrons. The van der Waals surface area contributed by atoms with Crippen molar-refractivity contribution in [2.24, 2.45) is 5.92 Å². The molecular formula is C20H36O4. The lowest BCUT2D eigenvalue weighted by molar-refractivity contribution is -0.142. The summed E-state index contributed by atoms with van der Waals surface area (Å²) in [6.07, 6.45) is 18.5. The van der Waals surface area contributed by atoms with Crippen LogP contribution >= 0.6 is 0 Å². The summed E-state index contributed by atoms with van der Waals surface area (Å²) < 4.78 is 0. The number of rotatable bonds is 17. The molecule has 0 fully saturated rings. The molecule has 0 rings (SSSR count). The molecular weight excluding hydrogens is 304 g/mol. The number of hydrogen-bond donors (Lipinski definition) is 2. The first-order valence-electron chi connectivity index (χ1n) is 9.67. The molecule has 1 atom stereocenters. The average molecular weight is 341 g/mol. The van der Waals surface area contributed by atoms with Crippen LogP contribution in [-0.2, 0) is 9.59 Å². The van der Waals surface area contributed by atoms with E-state index in [1.807, 2.05) is 6.92 Å². The smallest absolute Gasteiger partial charge is 0.306 e. The number of carboxylic acids is 2. The van der Waals surface area contributed by atoms with Crippen molar-refractivity contribution in [2.75, 3.05) is 0 Å². The maximum Gasteiger partial charge on any atom is 0.306 e. The van der Waals surface area contributed by atoms with Crippen molar-refractivity contribution in [3.63, 3.8) is 0 Å². The molecule has 0 aromatic carbocycles. The van der Waals surface area contributed by atoms with E-state index in [1.165, 1.54) is 25.7 Å². The second-order valence-electron chi connectivity index (χ2n) is 6.61. The fourth-order valence-electron chi connectivity index (χ4n) is 2.81. The molecule has 0 aliphatic rings. The minimum Gasteiger partial charge on any atom is -0.481 e. The summed E-state index contributed by atoms with van der Waals surface area (Å²) in [6.45, 7) is 1.94. The molecule has 0 aromatic rings. The minimum absolute atomic E-state index is 0.158. The van der Waals surface area contributed by atoms with Crippen LogP contribution in [0.15, 0.2) is 12.2 Å². The SMILES string of the molecule is CCC(CCCCCCC=CCCCCCCCC(=O)O)C(=O)O. The zero-order valence-electron chi connectivity index (χ0n) is 15.3. The van der Waals surface area contributed by atoms with Crippen molar-refractivity contribution in [1.82, 2.24) is 0 Å². The molecule has 2 N–H and O–H groups in total. The van der Waals surface area contributed by atoms with Gasteiger partial charge in [-0.3, -0.25) is 9.59 Å². The molecule has 0 aliphatic heterocycles. The Morgan fingerprint density at radius 2 is 1.29 bits per heavy atom. The highest BCUT2D eigenvalue weighted by Crippen LogP contribution is 2.15. The minimum atomic E-state index is -0.690. The summed E-state index contributed by atoms with van der Waals surface area (Å²) in [5.41, 5.74) is 0. The summed E-state index contributed by atoms with van der Waals surface area (Å²) in [7, 11) is 0. The molecule has 4 heteroatoms. The Bertz CT molecular complexity index is 350. The third-order valence-electron chi connectivity index (χ3n) is 4.44. The Morgan fingerprint density at radius 3 is 1.79 bits per heavy atom. The van der Waals surface area contributed by atoms with Gasteiger partial charge < -0.3 is 10.2 Å². The Hall–Kier alpha value is -1.32. The first-order valence-corrected chi connectivity index (χ1v) is 9.67. The quantitative estimate of drug-likeness (QED) is 0.259. The third-order valence-corrected chi connectivity index (χ3v) is 4.44. The summed E-state index contributed by atoms with van der Waals surface area (Å²) in [4.78, 5) is 21.2. The van der Waals surface area contributed by atoms with Gasteiger partial charge in [0.15, 0.2) is 0 Å². The van der Waals surface area contributed by atoms with Gasteiger partial charge in [-0.15, -0.1) is 0 Å². The Labute approximate surface area is 147 Å². The van der Waals surface area contributed by atoms with Crippen molar-refractivity contribution in [2.45, 2.75) is 96.8 Å². The highest BCUT2D eigenvalue weighted by Gasteiger charge is 2.13. The highest BCUT2D eigenvalue weighted by molar-refractivity contribution is 5.69. The predicted molar refractivity (Wildman–Crippen MR) is 98.2 cm³/mol. The van der Waals surface area contributed by atoms with Crippen LogP contribution in [0.1, 0.15) is 96.8 Å².